The van der Waals surface area contributed by atoms with Gasteiger partial charge in [0.25, 0.3) is 0 Å². The first kappa shape index (κ1) is 14.8. The molecule has 15 heavy (non-hydrogen) atoms. The number of rotatable bonds is 7. The van der Waals surface area contributed by atoms with Crippen LogP contribution in [0, 0.1) is 0 Å². The molecule has 0 radical (unpaired) electrons. The lowest BCUT2D eigenvalue weighted by molar-refractivity contribution is 0.240. The van der Waals surface area contributed by atoms with E-state index in [9.17, 15) is 0 Å². The van der Waals surface area contributed by atoms with Crippen LogP contribution in [0.3, 0.4) is 0 Å². The van der Waals surface area contributed by atoms with Gasteiger partial charge in [0.05, 0.1) is 6.61 Å². The van der Waals surface area contributed by atoms with E-state index in [1.165, 1.54) is 0 Å². The zero-order valence-electron chi connectivity index (χ0n) is 9.96. The van der Waals surface area contributed by atoms with E-state index in [0.29, 0.717) is 11.7 Å². The maximum atomic E-state index is 5.35. The summed E-state index contributed by atoms with van der Waals surface area (Å²) in [6.45, 7) is 8.18. The van der Waals surface area contributed by atoms with Crippen molar-refractivity contribution in [3.05, 3.63) is 12.2 Å². The maximum Gasteiger partial charge on any atom is 0.334 e. The van der Waals surface area contributed by atoms with Crippen molar-refractivity contribution in [2.45, 2.75) is 25.9 Å². The summed E-state index contributed by atoms with van der Waals surface area (Å²) < 4.78 is 16.0. The van der Waals surface area contributed by atoms with Crippen LogP contribution in [0.2, 0.25) is 12.6 Å². The van der Waals surface area contributed by atoms with Gasteiger partial charge in [-0.2, -0.15) is 0 Å². The average molecular weight is 248 g/mol. The van der Waals surface area contributed by atoms with E-state index in [-0.39, 0.29) is 0 Å². The highest BCUT2D eigenvalue weighted by Gasteiger charge is 2.27. The van der Waals surface area contributed by atoms with Gasteiger partial charge in [0.1, 0.15) is 0 Å². The molecule has 0 aliphatic carbocycles. The molecule has 0 unspecified atom stereocenters. The van der Waals surface area contributed by atoms with E-state index in [4.69, 9.17) is 25.8 Å². The third-order valence-corrected chi connectivity index (χ3v) is 5.68. The van der Waals surface area contributed by atoms with Crippen molar-refractivity contribution in [2.24, 2.45) is 0 Å². The summed E-state index contributed by atoms with van der Waals surface area (Å²) in [6.07, 6.45) is 0.887. The third-order valence-electron chi connectivity index (χ3n) is 2.22. The Balaban J connectivity index is 3.71. The monoisotopic (exact) mass is 248 g/mol. The Morgan fingerprint density at radius 3 is 2.27 bits per heavy atom. The Morgan fingerprint density at radius 2 is 1.87 bits per heavy atom. The molecule has 5 heteroatoms. The average Bonchev–Trinajstić information content (AvgIpc) is 2.23. The van der Waals surface area contributed by atoms with Gasteiger partial charge in [-0.05, 0) is 43.7 Å². The van der Waals surface area contributed by atoms with Crippen LogP contribution < -0.4 is 0 Å². The van der Waals surface area contributed by atoms with Crippen molar-refractivity contribution in [2.75, 3.05) is 20.8 Å². The van der Waals surface area contributed by atoms with Gasteiger partial charge in [0.2, 0.25) is 0 Å². The first-order valence-electron chi connectivity index (χ1n) is 4.88. The molecule has 0 aromatic rings. The first-order valence-corrected chi connectivity index (χ1v) is 7.81. The van der Waals surface area contributed by atoms with Gasteiger partial charge in [0, 0.05) is 14.2 Å². The minimum Gasteiger partial charge on any atom is -0.483 e. The molecule has 0 heterocycles. The number of ether oxygens (including phenoxy) is 1. The van der Waals surface area contributed by atoms with Crippen LogP contribution >= 0.6 is 12.2 Å². The summed E-state index contributed by atoms with van der Waals surface area (Å²) in [5, 5.41) is 0.494. The molecule has 88 valence electrons. The van der Waals surface area contributed by atoms with E-state index in [0.717, 1.165) is 18.0 Å². The van der Waals surface area contributed by atoms with Crippen LogP contribution in [0.15, 0.2) is 12.2 Å². The molecule has 3 nitrogen and oxygen atoms in total. The number of thiocarbonyl (C=S) groups is 1. The van der Waals surface area contributed by atoms with Crippen molar-refractivity contribution < 1.29 is 13.6 Å². The van der Waals surface area contributed by atoms with Crippen molar-refractivity contribution >= 4 is 25.8 Å². The van der Waals surface area contributed by atoms with E-state index >= 15 is 0 Å². The normalized spacial score (nSPS) is 11.2. The summed E-state index contributed by atoms with van der Waals surface area (Å²) in [5.41, 5.74) is 0.795. The van der Waals surface area contributed by atoms with Crippen molar-refractivity contribution in [1.82, 2.24) is 0 Å². The molecule has 0 bridgehead atoms. The Morgan fingerprint density at radius 1 is 1.33 bits per heavy atom. The standard InChI is InChI=1S/C10H20O3SSi/c1-9(2)10(14)13-7-6-8-15(5,11-3)12-4/h1,6-8H2,2-5H3. The molecule has 0 amide bonds. The van der Waals surface area contributed by atoms with Gasteiger partial charge < -0.3 is 13.6 Å². The zero-order chi connectivity index (χ0) is 11.9. The van der Waals surface area contributed by atoms with E-state index in [1.807, 2.05) is 13.5 Å². The first-order chi connectivity index (χ1) is 6.95. The Bertz CT molecular complexity index is 227. The van der Waals surface area contributed by atoms with Crippen molar-refractivity contribution in [1.29, 1.82) is 0 Å². The van der Waals surface area contributed by atoms with Gasteiger partial charge in [-0.3, -0.25) is 0 Å². The number of hydrogen-bond donors (Lipinski definition) is 0. The molecule has 0 rings (SSSR count). The van der Waals surface area contributed by atoms with Crippen LogP contribution in [-0.4, -0.2) is 34.4 Å². The molecule has 0 saturated carbocycles. The molecule has 0 N–H and O–H groups in total. The minimum atomic E-state index is -1.94. The second-order valence-corrected chi connectivity index (χ2v) is 7.52. The Kier molecular flexibility index (Phi) is 7.00. The molecular formula is C10H20O3SSi. The molecule has 0 aromatic carbocycles. The van der Waals surface area contributed by atoms with Crippen molar-refractivity contribution in [3.8, 4) is 0 Å². The van der Waals surface area contributed by atoms with Gasteiger partial charge in [-0.1, -0.05) is 6.58 Å². The van der Waals surface area contributed by atoms with E-state index in [1.54, 1.807) is 14.2 Å². The van der Waals surface area contributed by atoms with Crippen LogP contribution in [0.25, 0.3) is 0 Å². The van der Waals surface area contributed by atoms with Crippen LogP contribution in [0.5, 0.6) is 0 Å². The van der Waals surface area contributed by atoms with Gasteiger partial charge >= 0.3 is 8.56 Å². The van der Waals surface area contributed by atoms with Crippen LogP contribution in [-0.2, 0) is 13.6 Å². The Hall–Kier alpha value is -0.233. The summed E-state index contributed by atoms with van der Waals surface area (Å²) in [6, 6.07) is 0.902. The van der Waals surface area contributed by atoms with Gasteiger partial charge in [-0.25, -0.2) is 0 Å². The van der Waals surface area contributed by atoms with E-state index < -0.39 is 8.56 Å². The van der Waals surface area contributed by atoms with E-state index in [2.05, 4.69) is 6.58 Å². The second-order valence-electron chi connectivity index (χ2n) is 3.56. The summed E-state index contributed by atoms with van der Waals surface area (Å²) >= 11 is 4.97. The molecule has 0 aliphatic heterocycles. The maximum absolute atomic E-state index is 5.35. The van der Waals surface area contributed by atoms with Crippen LogP contribution in [0.1, 0.15) is 13.3 Å². The fraction of sp³-hybridized carbons (Fsp3) is 0.700. The summed E-state index contributed by atoms with van der Waals surface area (Å²) in [4.78, 5) is 0. The summed E-state index contributed by atoms with van der Waals surface area (Å²) in [7, 11) is 1.44. The highest BCUT2D eigenvalue weighted by Crippen LogP contribution is 2.13. The molecule has 0 aliphatic rings. The van der Waals surface area contributed by atoms with Crippen molar-refractivity contribution in [3.63, 3.8) is 0 Å². The molecule has 0 spiro atoms. The fourth-order valence-electron chi connectivity index (χ4n) is 0.969. The molecule has 0 fully saturated rings. The van der Waals surface area contributed by atoms with Gasteiger partial charge in [0.15, 0.2) is 5.05 Å². The highest BCUT2D eigenvalue weighted by molar-refractivity contribution is 7.80. The topological polar surface area (TPSA) is 27.7 Å². The minimum absolute atomic E-state index is 0.494. The highest BCUT2D eigenvalue weighted by atomic mass is 32.1. The zero-order valence-corrected chi connectivity index (χ0v) is 11.8. The lowest BCUT2D eigenvalue weighted by Gasteiger charge is -2.22. The largest absolute Gasteiger partial charge is 0.483 e. The molecule has 0 aromatic heterocycles. The summed E-state index contributed by atoms with van der Waals surface area (Å²) in [5.74, 6) is 0. The molecular weight excluding hydrogens is 228 g/mol. The lowest BCUT2D eigenvalue weighted by atomic mass is 10.4. The predicted molar refractivity (Wildman–Crippen MR) is 68.4 cm³/mol. The second kappa shape index (κ2) is 7.11. The molecule has 0 saturated heterocycles. The predicted octanol–water partition coefficient (Wildman–Crippen LogP) is 2.66. The van der Waals surface area contributed by atoms with Crippen LogP contribution in [0.4, 0.5) is 0 Å². The fourth-order valence-corrected chi connectivity index (χ4v) is 2.41. The third kappa shape index (κ3) is 6.04. The quantitative estimate of drug-likeness (QED) is 0.300. The Labute approximate surface area is 98.7 Å². The van der Waals surface area contributed by atoms with Gasteiger partial charge in [-0.15, -0.1) is 0 Å². The lowest BCUT2D eigenvalue weighted by Crippen LogP contribution is -2.36. The smallest absolute Gasteiger partial charge is 0.334 e. The number of hydrogen-bond acceptors (Lipinski definition) is 4. The SMILES string of the molecule is C=C(C)C(=S)OCCC[Si](C)(OC)OC. The molecule has 0 atom stereocenters.